The molecule has 0 radical (unpaired) electrons. The maximum absolute atomic E-state index is 12.6. The number of nitrogens with zero attached hydrogens (tertiary/aromatic N) is 3. The molecule has 72 valence electrons. The summed E-state index contributed by atoms with van der Waals surface area (Å²) in [7, 11) is 0. The van der Waals surface area contributed by atoms with Crippen LogP contribution in [0.2, 0.25) is 0 Å². The molecule has 5 heteroatoms. The van der Waals surface area contributed by atoms with E-state index in [4.69, 9.17) is 0 Å². The number of alkyl halides is 1. The van der Waals surface area contributed by atoms with Gasteiger partial charge in [0.2, 0.25) is 0 Å². The molecule has 0 amide bonds. The molecule has 1 unspecified atom stereocenters. The average molecular weight is 185 g/mol. The summed E-state index contributed by atoms with van der Waals surface area (Å²) in [5.41, 5.74) is -0.812. The van der Waals surface area contributed by atoms with Crippen LogP contribution in [0.3, 0.4) is 0 Å². The molecule has 0 aliphatic carbocycles. The highest BCUT2D eigenvalue weighted by Crippen LogP contribution is 2.31. The normalized spacial score (nSPS) is 14.1. The van der Waals surface area contributed by atoms with Crippen LogP contribution in [0.1, 0.15) is 20.0 Å². The molecule has 13 heavy (non-hydrogen) atoms. The Morgan fingerprint density at radius 3 is 2.77 bits per heavy atom. The molecule has 0 fully saturated rings. The second kappa shape index (κ2) is 3.64. The zero-order chi connectivity index (χ0) is 9.90. The fourth-order valence-electron chi connectivity index (χ4n) is 1.04. The second-order valence-electron chi connectivity index (χ2n) is 3.59. The van der Waals surface area contributed by atoms with Crippen LogP contribution in [0, 0.1) is 10.3 Å². The largest absolute Gasteiger partial charge is 0.250 e. The first-order chi connectivity index (χ1) is 6.11. The van der Waals surface area contributed by atoms with Gasteiger partial charge in [-0.25, -0.2) is 4.68 Å². The summed E-state index contributed by atoms with van der Waals surface area (Å²) in [4.78, 5) is 10.5. The smallest absolute Gasteiger partial charge is 0.190 e. The third-order valence-electron chi connectivity index (χ3n) is 1.92. The predicted molar refractivity (Wildman–Crippen MR) is 46.8 cm³/mol. The van der Waals surface area contributed by atoms with Crippen molar-refractivity contribution in [3.63, 3.8) is 0 Å². The third kappa shape index (κ3) is 1.91. The molecule has 0 N–H and O–H groups in total. The Labute approximate surface area is 75.7 Å². The lowest BCUT2D eigenvalue weighted by atomic mass is 9.92. The Balaban J connectivity index is 2.92. The Morgan fingerprint density at radius 1 is 1.69 bits per heavy atom. The zero-order valence-corrected chi connectivity index (χ0v) is 7.64. The maximum Gasteiger partial charge on any atom is 0.190 e. The maximum atomic E-state index is 12.6. The van der Waals surface area contributed by atoms with Crippen LogP contribution in [0.25, 0.3) is 0 Å². The highest BCUT2D eigenvalue weighted by atomic mass is 19.1. The van der Waals surface area contributed by atoms with Gasteiger partial charge in [-0.1, -0.05) is 13.8 Å². The van der Waals surface area contributed by atoms with Crippen LogP contribution in [0.15, 0.2) is 23.6 Å². The number of hydrogen-bond acceptors (Lipinski definition) is 3. The van der Waals surface area contributed by atoms with Crippen LogP contribution in [-0.4, -0.2) is 16.5 Å². The number of nitroso groups, excluding NO2 is 1. The van der Waals surface area contributed by atoms with E-state index in [0.29, 0.717) is 0 Å². The minimum Gasteiger partial charge on any atom is -0.250 e. The van der Waals surface area contributed by atoms with Gasteiger partial charge in [-0.15, -0.1) is 4.91 Å². The van der Waals surface area contributed by atoms with Crippen molar-refractivity contribution in [2.75, 3.05) is 6.67 Å². The van der Waals surface area contributed by atoms with E-state index in [1.54, 1.807) is 26.1 Å². The van der Waals surface area contributed by atoms with Crippen molar-refractivity contribution in [3.05, 3.63) is 23.4 Å². The lowest BCUT2D eigenvalue weighted by Gasteiger charge is -2.25. The minimum atomic E-state index is -0.812. The van der Waals surface area contributed by atoms with E-state index in [-0.39, 0.29) is 0 Å². The van der Waals surface area contributed by atoms with E-state index < -0.39 is 18.3 Å². The van der Waals surface area contributed by atoms with Crippen LogP contribution in [-0.2, 0) is 0 Å². The van der Waals surface area contributed by atoms with Gasteiger partial charge in [-0.2, -0.15) is 5.10 Å². The quantitative estimate of drug-likeness (QED) is 0.674. The molecule has 0 saturated heterocycles. The zero-order valence-electron chi connectivity index (χ0n) is 7.64. The van der Waals surface area contributed by atoms with Gasteiger partial charge < -0.3 is 0 Å². The van der Waals surface area contributed by atoms with E-state index in [9.17, 15) is 9.30 Å². The Bertz CT molecular complexity index is 271. The van der Waals surface area contributed by atoms with Gasteiger partial charge in [0, 0.05) is 17.8 Å². The Morgan fingerprint density at radius 2 is 2.38 bits per heavy atom. The lowest BCUT2D eigenvalue weighted by Crippen LogP contribution is -2.27. The standard InChI is InChI=1S/C8H12FN3O/c1-8(2,6-9)7(11-13)12-5-3-4-10-12/h3-5,7H,6H2,1-2H3. The van der Waals surface area contributed by atoms with E-state index in [1.807, 2.05) is 0 Å². The average Bonchev–Trinajstić information content (AvgIpc) is 2.58. The van der Waals surface area contributed by atoms with Crippen molar-refractivity contribution in [1.82, 2.24) is 9.78 Å². The molecule has 1 atom stereocenters. The van der Waals surface area contributed by atoms with Crippen LogP contribution in [0.4, 0.5) is 4.39 Å². The highest BCUT2D eigenvalue weighted by molar-refractivity contribution is 4.86. The second-order valence-corrected chi connectivity index (χ2v) is 3.59. The molecule has 0 bridgehead atoms. The van der Waals surface area contributed by atoms with Crippen molar-refractivity contribution >= 4 is 0 Å². The van der Waals surface area contributed by atoms with Gasteiger partial charge >= 0.3 is 0 Å². The molecule has 0 aromatic carbocycles. The van der Waals surface area contributed by atoms with Gasteiger partial charge in [-0.3, -0.25) is 4.39 Å². The molecule has 0 saturated carbocycles. The molecule has 0 aliphatic heterocycles. The van der Waals surface area contributed by atoms with E-state index >= 15 is 0 Å². The molecule has 1 aromatic heterocycles. The minimum absolute atomic E-state index is 0.608. The van der Waals surface area contributed by atoms with Crippen LogP contribution >= 0.6 is 0 Å². The summed E-state index contributed by atoms with van der Waals surface area (Å²) in [5.74, 6) is 0. The number of hydrogen-bond donors (Lipinski definition) is 0. The topological polar surface area (TPSA) is 47.2 Å². The fourth-order valence-corrected chi connectivity index (χ4v) is 1.04. The number of rotatable bonds is 4. The summed E-state index contributed by atoms with van der Waals surface area (Å²) in [6, 6.07) is 1.67. The first-order valence-electron chi connectivity index (χ1n) is 3.99. The first kappa shape index (κ1) is 9.83. The van der Waals surface area contributed by atoms with Crippen molar-refractivity contribution < 1.29 is 4.39 Å². The van der Waals surface area contributed by atoms with Gasteiger partial charge in [0.05, 0.1) is 6.67 Å². The van der Waals surface area contributed by atoms with Crippen molar-refractivity contribution in [2.45, 2.75) is 20.0 Å². The first-order valence-corrected chi connectivity index (χ1v) is 3.99. The molecule has 0 spiro atoms. The van der Waals surface area contributed by atoms with Crippen LogP contribution < -0.4 is 0 Å². The summed E-state index contributed by atoms with van der Waals surface area (Å²) in [5, 5.41) is 6.74. The van der Waals surface area contributed by atoms with Gasteiger partial charge in [0.15, 0.2) is 6.17 Å². The molecule has 0 aliphatic rings. The highest BCUT2D eigenvalue weighted by Gasteiger charge is 2.32. The van der Waals surface area contributed by atoms with E-state index in [1.165, 1.54) is 10.9 Å². The lowest BCUT2D eigenvalue weighted by molar-refractivity contribution is 0.155. The number of halogens is 1. The monoisotopic (exact) mass is 185 g/mol. The summed E-state index contributed by atoms with van der Waals surface area (Å²) >= 11 is 0. The third-order valence-corrected chi connectivity index (χ3v) is 1.92. The molecule has 4 nitrogen and oxygen atoms in total. The predicted octanol–water partition coefficient (Wildman–Crippen LogP) is 2.14. The molecule has 1 aromatic rings. The Hall–Kier alpha value is -1.26. The molecule has 1 rings (SSSR count). The molecular weight excluding hydrogens is 173 g/mol. The van der Waals surface area contributed by atoms with Gasteiger partial charge in [0.25, 0.3) is 0 Å². The molecular formula is C8H12FN3O. The summed E-state index contributed by atoms with van der Waals surface area (Å²) in [6.45, 7) is 2.67. The number of aromatic nitrogens is 2. The molecule has 1 heterocycles. The van der Waals surface area contributed by atoms with E-state index in [2.05, 4.69) is 10.3 Å². The van der Waals surface area contributed by atoms with Crippen LogP contribution in [0.5, 0.6) is 0 Å². The summed E-state index contributed by atoms with van der Waals surface area (Å²) < 4.78 is 13.9. The van der Waals surface area contributed by atoms with Crippen molar-refractivity contribution in [3.8, 4) is 0 Å². The fraction of sp³-hybridized carbons (Fsp3) is 0.625. The van der Waals surface area contributed by atoms with Crippen molar-refractivity contribution in [2.24, 2.45) is 10.6 Å². The van der Waals surface area contributed by atoms with Crippen molar-refractivity contribution in [1.29, 1.82) is 0 Å². The SMILES string of the molecule is CC(C)(CF)C(N=O)n1cccn1. The van der Waals surface area contributed by atoms with Gasteiger partial charge in [-0.05, 0) is 11.2 Å². The van der Waals surface area contributed by atoms with Gasteiger partial charge in [0.1, 0.15) is 0 Å². The summed E-state index contributed by atoms with van der Waals surface area (Å²) in [6.07, 6.45) is 2.35. The Kier molecular flexibility index (Phi) is 2.75. The van der Waals surface area contributed by atoms with E-state index in [0.717, 1.165) is 0 Å².